The molecule has 0 aliphatic heterocycles. The minimum absolute atomic E-state index is 1.06. The van der Waals surface area contributed by atoms with Gasteiger partial charge in [-0.25, -0.2) is 0 Å². The fourth-order valence-electron chi connectivity index (χ4n) is 1.83. The van der Waals surface area contributed by atoms with Gasteiger partial charge in [0.15, 0.2) is 0 Å². The van der Waals surface area contributed by atoms with Crippen molar-refractivity contribution in [3.63, 3.8) is 0 Å². The molecule has 0 spiro atoms. The van der Waals surface area contributed by atoms with Gasteiger partial charge in [-0.1, -0.05) is 0 Å². The molecule has 0 amide bonds. The third-order valence-electron chi connectivity index (χ3n) is 2.51. The molecule has 2 heteroatoms. The van der Waals surface area contributed by atoms with Crippen molar-refractivity contribution in [1.82, 2.24) is 4.89 Å². The van der Waals surface area contributed by atoms with Crippen LogP contribution in [0.1, 0.15) is 0 Å². The second-order valence-corrected chi connectivity index (χ2v) is 3.36. The van der Waals surface area contributed by atoms with Crippen LogP contribution in [0.15, 0.2) is 48.4 Å². The van der Waals surface area contributed by atoms with Crippen LogP contribution in [0.3, 0.4) is 0 Å². The van der Waals surface area contributed by atoms with E-state index in [1.54, 1.807) is 0 Å². The molecule has 0 unspecified atom stereocenters. The first-order chi connectivity index (χ1) is 6.95. The Hall–Kier alpha value is -1.70. The third kappa shape index (κ3) is 1.04. The van der Waals surface area contributed by atoms with Gasteiger partial charge in [0.1, 0.15) is 0 Å². The van der Waals surface area contributed by atoms with Crippen LogP contribution in [0.4, 0.5) is 0 Å². The van der Waals surface area contributed by atoms with E-state index in [0.29, 0.717) is 0 Å². The fourth-order valence-corrected chi connectivity index (χ4v) is 1.83. The molecule has 0 fully saturated rings. The third-order valence-corrected chi connectivity index (χ3v) is 2.51. The summed E-state index contributed by atoms with van der Waals surface area (Å²) in [5, 5.41) is 3.77. The molecule has 3 aromatic rings. The molecule has 0 aliphatic rings. The predicted octanol–water partition coefficient (Wildman–Crippen LogP) is 2.73. The number of aromatic nitrogens is 1. The number of fused-ring (bicyclic) bond motifs is 3. The van der Waals surface area contributed by atoms with Crippen LogP contribution in [0, 0.1) is 0 Å². The predicted molar refractivity (Wildman–Crippen MR) is 60.6 cm³/mol. The van der Waals surface area contributed by atoms with E-state index in [-0.39, 0.29) is 0 Å². The molecule has 0 N–H and O–H groups in total. The number of rotatable bonds is 0. The Morgan fingerprint density at radius 2 is 1.79 bits per heavy atom. The van der Waals surface area contributed by atoms with Crippen LogP contribution in [0.25, 0.3) is 21.7 Å². The van der Waals surface area contributed by atoms with Crippen LogP contribution in [-0.2, 0) is 0 Å². The number of hydrogen-bond donors (Lipinski definition) is 0. The van der Waals surface area contributed by atoms with Crippen molar-refractivity contribution in [3.8, 4) is 0 Å². The van der Waals surface area contributed by atoms with Gasteiger partial charge in [0.2, 0.25) is 0 Å². The monoisotopic (exact) mass is 177 g/mol. The van der Waals surface area contributed by atoms with Crippen molar-refractivity contribution >= 4 is 28.7 Å². The standard InChI is InChI=1S/C12H8BN/c1-2-4-10-9(3-1)5-6-12-11(10)7-8-13-14-12/h1-8H. The van der Waals surface area contributed by atoms with Crippen LogP contribution in [0.5, 0.6) is 0 Å². The molecule has 1 heterocycles. The first kappa shape index (κ1) is 7.68. The Morgan fingerprint density at radius 3 is 2.79 bits per heavy atom. The zero-order chi connectivity index (χ0) is 9.38. The fraction of sp³-hybridized carbons (Fsp3) is 0. The van der Waals surface area contributed by atoms with Crippen molar-refractivity contribution in [1.29, 1.82) is 0 Å². The Kier molecular flexibility index (Phi) is 1.60. The Balaban J connectivity index is 2.61. The van der Waals surface area contributed by atoms with Gasteiger partial charge in [-0.3, -0.25) is 0 Å². The van der Waals surface area contributed by atoms with Crippen molar-refractivity contribution in [2.75, 3.05) is 0 Å². The second kappa shape index (κ2) is 2.91. The molecule has 0 radical (unpaired) electrons. The molecule has 0 aliphatic carbocycles. The molecule has 0 atom stereocenters. The maximum absolute atomic E-state index is 4.33. The molecule has 64 valence electrons. The van der Waals surface area contributed by atoms with Crippen LogP contribution in [0.2, 0.25) is 0 Å². The second-order valence-electron chi connectivity index (χ2n) is 3.36. The van der Waals surface area contributed by atoms with Crippen molar-refractivity contribution in [2.24, 2.45) is 0 Å². The zero-order valence-corrected chi connectivity index (χ0v) is 7.64. The van der Waals surface area contributed by atoms with E-state index in [2.05, 4.69) is 47.4 Å². The van der Waals surface area contributed by atoms with Crippen LogP contribution < -0.4 is 0 Å². The van der Waals surface area contributed by atoms with E-state index in [9.17, 15) is 0 Å². The summed E-state index contributed by atoms with van der Waals surface area (Å²) in [6.45, 7) is 0. The molecule has 14 heavy (non-hydrogen) atoms. The Morgan fingerprint density at radius 1 is 0.857 bits per heavy atom. The summed E-state index contributed by atoms with van der Waals surface area (Å²) in [6, 6.07) is 14.7. The number of benzene rings is 2. The summed E-state index contributed by atoms with van der Waals surface area (Å²) in [5.41, 5.74) is 1.06. The van der Waals surface area contributed by atoms with E-state index >= 15 is 0 Å². The molecule has 0 saturated carbocycles. The normalized spacial score (nSPS) is 10.6. The average molecular weight is 177 g/mol. The molecule has 0 saturated heterocycles. The molecule has 1 nitrogen and oxygen atoms in total. The number of nitrogens with zero attached hydrogens (tertiary/aromatic N) is 1. The van der Waals surface area contributed by atoms with Crippen molar-refractivity contribution in [2.45, 2.75) is 0 Å². The van der Waals surface area contributed by atoms with E-state index in [4.69, 9.17) is 0 Å². The minimum atomic E-state index is 1.06. The van der Waals surface area contributed by atoms with Crippen molar-refractivity contribution < 1.29 is 0 Å². The van der Waals surface area contributed by atoms with Gasteiger partial charge < -0.3 is 0 Å². The summed E-state index contributed by atoms with van der Waals surface area (Å²) in [7, 11) is 1.83. The summed E-state index contributed by atoms with van der Waals surface area (Å²) >= 11 is 0. The molecule has 1 aromatic heterocycles. The first-order valence-corrected chi connectivity index (χ1v) is 4.68. The van der Waals surface area contributed by atoms with Gasteiger partial charge in [0.05, 0.1) is 0 Å². The summed E-state index contributed by atoms with van der Waals surface area (Å²) in [5.74, 6) is 1.98. The molecular weight excluding hydrogens is 169 g/mol. The van der Waals surface area contributed by atoms with Gasteiger partial charge in [-0.15, -0.1) is 0 Å². The van der Waals surface area contributed by atoms with E-state index in [1.807, 2.05) is 13.0 Å². The quantitative estimate of drug-likeness (QED) is 0.481. The number of hydrogen-bond acceptors (Lipinski definition) is 1. The van der Waals surface area contributed by atoms with E-state index in [1.165, 1.54) is 16.2 Å². The van der Waals surface area contributed by atoms with Gasteiger partial charge in [0.25, 0.3) is 0 Å². The van der Waals surface area contributed by atoms with Gasteiger partial charge in [-0.05, 0) is 0 Å². The molecule has 2 aromatic carbocycles. The summed E-state index contributed by atoms with van der Waals surface area (Å²) < 4.78 is 0. The molecule has 0 bridgehead atoms. The van der Waals surface area contributed by atoms with Crippen LogP contribution in [-0.4, -0.2) is 11.9 Å². The summed E-state index contributed by atoms with van der Waals surface area (Å²) in [6.07, 6.45) is 0. The van der Waals surface area contributed by atoms with Gasteiger partial charge in [-0.2, -0.15) is 0 Å². The molecule has 3 rings (SSSR count). The summed E-state index contributed by atoms with van der Waals surface area (Å²) in [4.78, 5) is 4.33. The topological polar surface area (TPSA) is 12.9 Å². The molecular formula is C12H8BN. The van der Waals surface area contributed by atoms with Crippen molar-refractivity contribution in [3.05, 3.63) is 48.4 Å². The maximum atomic E-state index is 4.33. The SMILES string of the molecule is b1ccc2c(ccc3ccccc32)n1. The first-order valence-electron chi connectivity index (χ1n) is 4.68. The van der Waals surface area contributed by atoms with Gasteiger partial charge >= 0.3 is 82.0 Å². The van der Waals surface area contributed by atoms with Gasteiger partial charge in [0, 0.05) is 0 Å². The van der Waals surface area contributed by atoms with E-state index in [0.717, 1.165) is 5.52 Å². The Labute approximate surface area is 82.6 Å². The zero-order valence-electron chi connectivity index (χ0n) is 7.64. The average Bonchev–Trinajstić information content (AvgIpc) is 2.29. The van der Waals surface area contributed by atoms with E-state index < -0.39 is 0 Å². The Bertz CT molecular complexity index is 549. The van der Waals surface area contributed by atoms with Crippen LogP contribution >= 0.6 is 0 Å².